The Morgan fingerprint density at radius 2 is 1.74 bits per heavy atom. The summed E-state index contributed by atoms with van der Waals surface area (Å²) < 4.78 is 11.8. The van der Waals surface area contributed by atoms with Crippen LogP contribution in [-0.2, 0) is 16.0 Å². The summed E-state index contributed by atoms with van der Waals surface area (Å²) in [5.74, 6) is 0. The molecule has 0 aliphatic rings. The van der Waals surface area contributed by atoms with Gasteiger partial charge in [0.1, 0.15) is 0 Å². The number of hydrogen-bond donors (Lipinski definition) is 2. The number of fused-ring (bicyclic) bond motifs is 1. The standard InChI is InChI=1S/C27H31N3O3S/c1-32-14-12-30(13-15-33-2)18-22-16-21(8-10-24(22)20-6-4-3-5-7-20)27(31)29-23-9-11-26-25(17-23)28-19-34-26/h3-11,16-17,19,27,29,31H,12-15,18H2,1-2H3. The molecule has 1 atom stereocenters. The van der Waals surface area contributed by atoms with Crippen molar-refractivity contribution in [3.63, 3.8) is 0 Å². The SMILES string of the molecule is COCCN(CCOC)Cc1cc(C(O)Nc2ccc3scnc3c2)ccc1-c1ccccc1. The fourth-order valence-corrected chi connectivity index (χ4v) is 4.61. The predicted molar refractivity (Wildman–Crippen MR) is 139 cm³/mol. The lowest BCUT2D eigenvalue weighted by atomic mass is 9.96. The number of aliphatic hydroxyl groups is 1. The fraction of sp³-hybridized carbons (Fsp3) is 0.296. The number of rotatable bonds is 12. The quantitative estimate of drug-likeness (QED) is 0.275. The van der Waals surface area contributed by atoms with Gasteiger partial charge in [0, 0.05) is 45.1 Å². The van der Waals surface area contributed by atoms with Gasteiger partial charge in [-0.15, -0.1) is 11.3 Å². The number of ether oxygens (including phenoxy) is 2. The molecule has 2 N–H and O–H groups in total. The third kappa shape index (κ3) is 6.20. The maximum absolute atomic E-state index is 11.0. The van der Waals surface area contributed by atoms with Gasteiger partial charge in [-0.3, -0.25) is 4.90 Å². The normalized spacial score (nSPS) is 12.4. The molecule has 34 heavy (non-hydrogen) atoms. The van der Waals surface area contributed by atoms with E-state index >= 15 is 0 Å². The van der Waals surface area contributed by atoms with Crippen LogP contribution in [0.4, 0.5) is 5.69 Å². The van der Waals surface area contributed by atoms with Crippen LogP contribution in [0.15, 0.2) is 72.2 Å². The molecule has 0 radical (unpaired) electrons. The lowest BCUT2D eigenvalue weighted by molar-refractivity contribution is 0.110. The first kappa shape index (κ1) is 24.3. The van der Waals surface area contributed by atoms with Gasteiger partial charge in [0.2, 0.25) is 0 Å². The lowest BCUT2D eigenvalue weighted by Crippen LogP contribution is -2.30. The Hall–Kier alpha value is -2.81. The molecule has 0 fully saturated rings. The first-order valence-electron chi connectivity index (χ1n) is 11.3. The number of aliphatic hydroxyl groups excluding tert-OH is 1. The average Bonchev–Trinajstić information content (AvgIpc) is 3.34. The Morgan fingerprint density at radius 3 is 2.47 bits per heavy atom. The van der Waals surface area contributed by atoms with Gasteiger partial charge in [0.15, 0.2) is 6.23 Å². The minimum Gasteiger partial charge on any atom is -0.383 e. The summed E-state index contributed by atoms with van der Waals surface area (Å²) in [5.41, 5.74) is 7.85. The van der Waals surface area contributed by atoms with Crippen molar-refractivity contribution in [2.75, 3.05) is 45.8 Å². The van der Waals surface area contributed by atoms with Crippen molar-refractivity contribution in [2.24, 2.45) is 0 Å². The van der Waals surface area contributed by atoms with E-state index in [1.165, 1.54) is 0 Å². The first-order valence-corrected chi connectivity index (χ1v) is 12.2. The maximum Gasteiger partial charge on any atom is 0.150 e. The van der Waals surface area contributed by atoms with Crippen LogP contribution in [0.2, 0.25) is 0 Å². The molecule has 0 saturated carbocycles. The second-order valence-electron chi connectivity index (χ2n) is 8.13. The van der Waals surface area contributed by atoms with Gasteiger partial charge in [0.25, 0.3) is 0 Å². The number of hydrogen-bond acceptors (Lipinski definition) is 7. The summed E-state index contributed by atoms with van der Waals surface area (Å²) in [6.07, 6.45) is -0.842. The molecule has 6 nitrogen and oxygen atoms in total. The molecule has 0 amide bonds. The van der Waals surface area contributed by atoms with Gasteiger partial charge in [-0.25, -0.2) is 4.98 Å². The number of nitrogens with zero attached hydrogens (tertiary/aromatic N) is 2. The van der Waals surface area contributed by atoms with E-state index in [0.29, 0.717) is 13.2 Å². The van der Waals surface area contributed by atoms with Crippen molar-refractivity contribution in [2.45, 2.75) is 12.8 Å². The van der Waals surface area contributed by atoms with Gasteiger partial charge >= 0.3 is 0 Å². The predicted octanol–water partition coefficient (Wildman–Crippen LogP) is 5.16. The van der Waals surface area contributed by atoms with Crippen molar-refractivity contribution in [3.05, 3.63) is 83.4 Å². The average molecular weight is 478 g/mol. The molecule has 0 aliphatic carbocycles. The summed E-state index contributed by atoms with van der Waals surface area (Å²) >= 11 is 1.61. The zero-order valence-electron chi connectivity index (χ0n) is 19.6. The van der Waals surface area contributed by atoms with Crippen LogP contribution in [0, 0.1) is 0 Å². The molecule has 178 valence electrons. The van der Waals surface area contributed by atoms with Crippen LogP contribution in [-0.4, -0.2) is 55.5 Å². The first-order chi connectivity index (χ1) is 16.7. The van der Waals surface area contributed by atoms with E-state index in [-0.39, 0.29) is 0 Å². The van der Waals surface area contributed by atoms with E-state index in [1.54, 1.807) is 25.6 Å². The molecular formula is C27H31N3O3S. The van der Waals surface area contributed by atoms with Gasteiger partial charge in [0.05, 0.1) is 28.9 Å². The highest BCUT2D eigenvalue weighted by Crippen LogP contribution is 2.29. The van der Waals surface area contributed by atoms with E-state index in [2.05, 4.69) is 39.5 Å². The molecule has 1 unspecified atom stereocenters. The topological polar surface area (TPSA) is 66.9 Å². The number of anilines is 1. The van der Waals surface area contributed by atoms with E-state index < -0.39 is 6.23 Å². The van der Waals surface area contributed by atoms with E-state index in [0.717, 1.165) is 57.8 Å². The molecule has 0 aliphatic heterocycles. The number of benzene rings is 3. The Morgan fingerprint density at radius 1 is 0.971 bits per heavy atom. The molecule has 0 spiro atoms. The zero-order valence-corrected chi connectivity index (χ0v) is 20.4. The van der Waals surface area contributed by atoms with E-state index in [4.69, 9.17) is 9.47 Å². The molecule has 4 aromatic rings. The lowest BCUT2D eigenvalue weighted by Gasteiger charge is -2.24. The molecule has 7 heteroatoms. The molecular weight excluding hydrogens is 446 g/mol. The van der Waals surface area contributed by atoms with E-state index in [1.807, 2.05) is 48.0 Å². The number of thiazole rings is 1. The third-order valence-corrected chi connectivity index (χ3v) is 6.59. The number of aromatic nitrogens is 1. The minimum absolute atomic E-state index is 0.646. The molecule has 1 heterocycles. The highest BCUT2D eigenvalue weighted by molar-refractivity contribution is 7.16. The summed E-state index contributed by atoms with van der Waals surface area (Å²) in [6, 6.07) is 22.5. The van der Waals surface area contributed by atoms with Gasteiger partial charge in [-0.2, -0.15) is 0 Å². The molecule has 1 aromatic heterocycles. The van der Waals surface area contributed by atoms with Crippen molar-refractivity contribution < 1.29 is 14.6 Å². The Bertz CT molecular complexity index is 1170. The zero-order chi connectivity index (χ0) is 23.8. The second-order valence-corrected chi connectivity index (χ2v) is 9.01. The molecule has 0 saturated heterocycles. The maximum atomic E-state index is 11.0. The smallest absolute Gasteiger partial charge is 0.150 e. The largest absolute Gasteiger partial charge is 0.383 e. The summed E-state index contributed by atoms with van der Waals surface area (Å²) in [6.45, 7) is 3.61. The summed E-state index contributed by atoms with van der Waals surface area (Å²) in [4.78, 5) is 6.69. The van der Waals surface area contributed by atoms with Crippen LogP contribution in [0.25, 0.3) is 21.3 Å². The van der Waals surface area contributed by atoms with Crippen LogP contribution in [0.5, 0.6) is 0 Å². The number of nitrogens with one attached hydrogen (secondary N) is 1. The Balaban J connectivity index is 1.61. The van der Waals surface area contributed by atoms with Crippen LogP contribution < -0.4 is 5.32 Å². The summed E-state index contributed by atoms with van der Waals surface area (Å²) in [5, 5.41) is 14.2. The Labute approximate surface area is 204 Å². The third-order valence-electron chi connectivity index (χ3n) is 5.78. The van der Waals surface area contributed by atoms with Gasteiger partial charge in [-0.1, -0.05) is 42.5 Å². The van der Waals surface area contributed by atoms with Gasteiger partial charge in [-0.05, 0) is 41.0 Å². The summed E-state index contributed by atoms with van der Waals surface area (Å²) in [7, 11) is 3.44. The fourth-order valence-electron chi connectivity index (χ4n) is 3.95. The molecule has 3 aromatic carbocycles. The highest BCUT2D eigenvalue weighted by atomic mass is 32.1. The Kier molecular flexibility index (Phi) is 8.62. The van der Waals surface area contributed by atoms with Crippen molar-refractivity contribution in [1.29, 1.82) is 0 Å². The highest BCUT2D eigenvalue weighted by Gasteiger charge is 2.15. The van der Waals surface area contributed by atoms with Crippen molar-refractivity contribution in [3.8, 4) is 11.1 Å². The van der Waals surface area contributed by atoms with E-state index in [9.17, 15) is 5.11 Å². The molecule has 4 rings (SSSR count). The second kappa shape index (κ2) is 12.1. The van der Waals surface area contributed by atoms with Gasteiger partial charge < -0.3 is 19.9 Å². The monoisotopic (exact) mass is 477 g/mol. The van der Waals surface area contributed by atoms with Crippen LogP contribution >= 0.6 is 11.3 Å². The van der Waals surface area contributed by atoms with Crippen LogP contribution in [0.3, 0.4) is 0 Å². The molecule has 0 bridgehead atoms. The van der Waals surface area contributed by atoms with Crippen molar-refractivity contribution in [1.82, 2.24) is 9.88 Å². The number of methoxy groups -OCH3 is 2. The van der Waals surface area contributed by atoms with Crippen LogP contribution in [0.1, 0.15) is 17.4 Å². The minimum atomic E-state index is -0.842. The van der Waals surface area contributed by atoms with Crippen molar-refractivity contribution >= 4 is 27.2 Å².